The predicted octanol–water partition coefficient (Wildman–Crippen LogP) is -1.63. The van der Waals surface area contributed by atoms with Crippen LogP contribution < -0.4 is 5.11 Å². The maximum atomic E-state index is 9.19. The summed E-state index contributed by atoms with van der Waals surface area (Å²) < 4.78 is 5.95. The van der Waals surface area contributed by atoms with E-state index in [0.29, 0.717) is 0 Å². The molecule has 0 aliphatic heterocycles. The summed E-state index contributed by atoms with van der Waals surface area (Å²) in [5, 5.41) is 9.19. The molecule has 0 aliphatic carbocycles. The number of carboxylic acid groups (broad SMARTS) is 1. The first-order valence-corrected chi connectivity index (χ1v) is 0.908. The van der Waals surface area contributed by atoms with Crippen molar-refractivity contribution in [2.45, 2.75) is 0 Å². The fourth-order valence-electron chi connectivity index (χ4n) is 0. The van der Waals surface area contributed by atoms with Gasteiger partial charge >= 0.3 is 0 Å². The average molecular weight is 70.0 g/mol. The molecule has 0 unspecified atom stereocenters. The second-order valence-electron chi connectivity index (χ2n) is 0.412. The van der Waals surface area contributed by atoms with Crippen molar-refractivity contribution in [2.24, 2.45) is 0 Å². The van der Waals surface area contributed by atoms with E-state index in [0.717, 1.165) is 0 Å². The summed E-state index contributed by atoms with van der Waals surface area (Å²) in [6.45, 7) is 0. The van der Waals surface area contributed by atoms with Crippen molar-refractivity contribution >= 4 is 5.97 Å². The first-order chi connectivity index (χ1) is 2.77. The van der Waals surface area contributed by atoms with E-state index < -0.39 is 5.97 Å². The first-order valence-electron chi connectivity index (χ1n) is 1.41. The van der Waals surface area contributed by atoms with Gasteiger partial charge < -0.3 is 9.90 Å². The number of terminal acetylenes is 1. The minimum Gasteiger partial charge on any atom is -0.537 e. The lowest BCUT2D eigenvalue weighted by Crippen LogP contribution is -2.18. The summed E-state index contributed by atoms with van der Waals surface area (Å²) in [7, 11) is 0. The van der Waals surface area contributed by atoms with Crippen molar-refractivity contribution in [3.05, 3.63) is 0 Å². The van der Waals surface area contributed by atoms with Gasteiger partial charge in [0.05, 0.1) is 0 Å². The third-order valence-corrected chi connectivity index (χ3v) is 0.102. The van der Waals surface area contributed by atoms with Gasteiger partial charge in [-0.1, -0.05) is 5.92 Å². The van der Waals surface area contributed by atoms with Gasteiger partial charge in [0.1, 0.15) is 7.34 Å². The minimum atomic E-state index is -1.51. The maximum Gasteiger partial charge on any atom is 0.124 e. The Kier molecular flexibility index (Phi) is 0.620. The lowest BCUT2D eigenvalue weighted by molar-refractivity contribution is -0.295. The molecule has 0 aromatic rings. The highest BCUT2D eigenvalue weighted by molar-refractivity contribution is 5.83. The number of rotatable bonds is 0. The van der Waals surface area contributed by atoms with Crippen molar-refractivity contribution in [3.63, 3.8) is 0 Å². The summed E-state index contributed by atoms with van der Waals surface area (Å²) in [6, 6.07) is 0. The molecule has 0 fully saturated rings. The highest BCUT2D eigenvalue weighted by Gasteiger charge is 1.55. The molecule has 0 radical (unpaired) electrons. The molecule has 5 heavy (non-hydrogen) atoms. The number of aliphatic carboxylic acids is 1. The fraction of sp³-hybridized carbons (Fsp3) is 0. The fourth-order valence-corrected chi connectivity index (χ4v) is 0. The van der Waals surface area contributed by atoms with E-state index in [1.54, 1.807) is 0 Å². The van der Waals surface area contributed by atoms with Crippen LogP contribution in [0.15, 0.2) is 0 Å². The molecule has 0 N–H and O–H groups in total. The zero-order valence-electron chi connectivity index (χ0n) is 3.32. The third kappa shape index (κ3) is 3.03. The Morgan fingerprint density at radius 1 is 2.40 bits per heavy atom. The van der Waals surface area contributed by atoms with Gasteiger partial charge in [0.15, 0.2) is 0 Å². The van der Waals surface area contributed by atoms with Gasteiger partial charge in [-0.05, 0) is 0 Å². The van der Waals surface area contributed by atoms with Gasteiger partial charge in [-0.25, -0.2) is 0 Å². The first kappa shape index (κ1) is 2.28. The second kappa shape index (κ2) is 1.36. The quantitative estimate of drug-likeness (QED) is 0.321. The van der Waals surface area contributed by atoms with Crippen molar-refractivity contribution < 1.29 is 11.3 Å². The zero-order chi connectivity index (χ0) is 4.99. The maximum absolute atomic E-state index is 9.19. The number of carbonyl (C=O) groups is 1. The van der Waals surface area contributed by atoms with Crippen LogP contribution in [0.3, 0.4) is 0 Å². The monoisotopic (exact) mass is 70.0 g/mol. The van der Waals surface area contributed by atoms with Gasteiger partial charge in [0, 0.05) is 0 Å². The van der Waals surface area contributed by atoms with Gasteiger partial charge in [0.2, 0.25) is 0 Å². The summed E-state index contributed by atoms with van der Waals surface area (Å²) in [5.74, 6) is -0.0787. The van der Waals surface area contributed by atoms with Gasteiger partial charge in [-0.15, -0.1) is 6.40 Å². The number of hydrogen-bond donors (Lipinski definition) is 0. The van der Waals surface area contributed by atoms with Crippen LogP contribution in [-0.2, 0) is 4.79 Å². The Balaban J connectivity index is 3.50. The molecule has 2 heteroatoms. The van der Waals surface area contributed by atoms with Crippen LogP contribution in [0.5, 0.6) is 0 Å². The average Bonchev–Trinajstić information content (AvgIpc) is 1.35. The Labute approximate surface area is 30.8 Å². The van der Waals surface area contributed by atoms with Crippen LogP contribution in [0, 0.1) is 12.3 Å². The molecule has 0 bridgehead atoms. The van der Waals surface area contributed by atoms with E-state index >= 15 is 0 Å². The van der Waals surface area contributed by atoms with Gasteiger partial charge in [-0.3, -0.25) is 0 Å². The molecule has 0 aromatic carbocycles. The van der Waals surface area contributed by atoms with Crippen LogP contribution >= 0.6 is 0 Å². The van der Waals surface area contributed by atoms with E-state index in [4.69, 9.17) is 1.37 Å². The molecule has 0 saturated heterocycles. The lowest BCUT2D eigenvalue weighted by atomic mass is 10.7. The summed E-state index contributed by atoms with van der Waals surface area (Å²) in [6.07, 6.45) is 1.41. The topological polar surface area (TPSA) is 40.1 Å². The predicted molar refractivity (Wildman–Crippen MR) is 13.8 cm³/mol. The van der Waals surface area contributed by atoms with E-state index in [1.165, 1.54) is 12.3 Å². The molecule has 0 atom stereocenters. The van der Waals surface area contributed by atoms with Crippen molar-refractivity contribution in [1.29, 1.82) is 0 Å². The highest BCUT2D eigenvalue weighted by Crippen LogP contribution is 1.35. The van der Waals surface area contributed by atoms with Gasteiger partial charge in [0.25, 0.3) is 0 Å². The minimum absolute atomic E-state index is 1.41. The molecule has 0 saturated carbocycles. The Bertz CT molecular complexity index is 108. The molecule has 0 spiro atoms. The van der Waals surface area contributed by atoms with Gasteiger partial charge in [-0.2, -0.15) is 0 Å². The number of hydrogen-bond acceptors (Lipinski definition) is 2. The largest absolute Gasteiger partial charge is 0.537 e. The summed E-state index contributed by atoms with van der Waals surface area (Å²) >= 11 is 0. The van der Waals surface area contributed by atoms with Crippen LogP contribution in [0.2, 0.25) is 0 Å². The normalized spacial score (nSPS) is 6.80. The smallest absolute Gasteiger partial charge is 0.124 e. The number of carbonyl (C=O) groups excluding carboxylic acids is 1. The Morgan fingerprint density at radius 2 is 3.00 bits per heavy atom. The molecule has 26 valence electrons. The van der Waals surface area contributed by atoms with E-state index in [1.807, 2.05) is 0 Å². The lowest BCUT2D eigenvalue weighted by Gasteiger charge is -1.77. The van der Waals surface area contributed by atoms with E-state index in [2.05, 4.69) is 0 Å². The molecule has 0 aliphatic rings. The van der Waals surface area contributed by atoms with Crippen molar-refractivity contribution in [3.8, 4) is 12.3 Å². The third-order valence-electron chi connectivity index (χ3n) is 0.102. The Morgan fingerprint density at radius 3 is 3.00 bits per heavy atom. The van der Waals surface area contributed by atoms with Crippen LogP contribution in [0.1, 0.15) is 1.37 Å². The highest BCUT2D eigenvalue weighted by atomic mass is 16.4. The Hall–Kier alpha value is -0.970. The molecular formula is C3HO2-. The molecule has 0 heterocycles. The van der Waals surface area contributed by atoms with Crippen molar-refractivity contribution in [1.82, 2.24) is 0 Å². The zero-order valence-corrected chi connectivity index (χ0v) is 2.32. The van der Waals surface area contributed by atoms with Crippen LogP contribution in [0.4, 0.5) is 0 Å². The van der Waals surface area contributed by atoms with Crippen LogP contribution in [0.25, 0.3) is 0 Å². The molecule has 0 amide bonds. The molecular weight excluding hydrogens is 68.0 g/mol. The SMILES string of the molecule is [2H]C#CC(=O)[O-]. The van der Waals surface area contributed by atoms with Crippen molar-refractivity contribution in [2.75, 3.05) is 0 Å². The standard InChI is InChI=1S/C3H2O2/c1-2-3(4)5/h1H,(H,4,5)/p-1/i1D. The molecule has 2 nitrogen and oxygen atoms in total. The van der Waals surface area contributed by atoms with Crippen LogP contribution in [-0.4, -0.2) is 5.97 Å². The van der Waals surface area contributed by atoms with E-state index in [-0.39, 0.29) is 0 Å². The summed E-state index contributed by atoms with van der Waals surface area (Å²) in [5.41, 5.74) is 0. The van der Waals surface area contributed by atoms with E-state index in [9.17, 15) is 9.90 Å². The second-order valence-corrected chi connectivity index (χ2v) is 0.412. The summed E-state index contributed by atoms with van der Waals surface area (Å²) in [4.78, 5) is 9.19. The molecule has 0 rings (SSSR count). The molecule has 0 aromatic heterocycles. The number of carboxylic acids is 1.